The molecular weight excluding hydrogens is 324 g/mol. The van der Waals surface area contributed by atoms with Crippen LogP contribution in [0.2, 0.25) is 0 Å². The maximum Gasteiger partial charge on any atom is 0.225 e. The van der Waals surface area contributed by atoms with Gasteiger partial charge in [-0.1, -0.05) is 12.1 Å². The molecule has 124 valence electrons. The second kappa shape index (κ2) is 6.48. The van der Waals surface area contributed by atoms with Crippen molar-refractivity contribution in [3.05, 3.63) is 52.2 Å². The van der Waals surface area contributed by atoms with Crippen LogP contribution in [-0.2, 0) is 16.8 Å². The number of tetrazole rings is 1. The Hall–Kier alpha value is -2.61. The zero-order chi connectivity index (χ0) is 17.2. The van der Waals surface area contributed by atoms with Gasteiger partial charge in [0.05, 0.1) is 17.6 Å². The minimum absolute atomic E-state index is 0.0389. The minimum Gasteiger partial charge on any atom is -0.344 e. The first-order chi connectivity index (χ1) is 11.4. The van der Waals surface area contributed by atoms with Gasteiger partial charge in [-0.25, -0.2) is 9.67 Å². The molecule has 2 heterocycles. The Morgan fingerprint density at radius 3 is 2.62 bits per heavy atom. The van der Waals surface area contributed by atoms with Gasteiger partial charge in [-0.2, -0.15) is 0 Å². The highest BCUT2D eigenvalue weighted by molar-refractivity contribution is 7.11. The first-order valence-corrected chi connectivity index (χ1v) is 8.32. The topological polar surface area (TPSA) is 85.6 Å². The summed E-state index contributed by atoms with van der Waals surface area (Å²) in [6.45, 7) is 5.93. The molecular formula is C16H18N6OS. The van der Waals surface area contributed by atoms with E-state index < -0.39 is 5.54 Å². The molecule has 0 aliphatic rings. The highest BCUT2D eigenvalue weighted by atomic mass is 32.1. The fourth-order valence-corrected chi connectivity index (χ4v) is 3.14. The van der Waals surface area contributed by atoms with Crippen molar-refractivity contribution in [3.63, 3.8) is 0 Å². The van der Waals surface area contributed by atoms with Crippen molar-refractivity contribution in [2.24, 2.45) is 0 Å². The molecule has 2 aromatic heterocycles. The quantitative estimate of drug-likeness (QED) is 0.767. The third-order valence-corrected chi connectivity index (χ3v) is 4.76. The third-order valence-electron chi connectivity index (χ3n) is 3.52. The molecule has 3 aromatic rings. The number of rotatable bonds is 5. The molecule has 8 heteroatoms. The third kappa shape index (κ3) is 3.65. The second-order valence-electron chi connectivity index (χ2n) is 6.05. The Balaban J connectivity index is 1.64. The molecule has 0 fully saturated rings. The number of carbonyl (C=O) groups is 1. The lowest BCUT2D eigenvalue weighted by atomic mass is 10.1. The van der Waals surface area contributed by atoms with Crippen molar-refractivity contribution in [2.75, 3.05) is 0 Å². The molecule has 24 heavy (non-hydrogen) atoms. The van der Waals surface area contributed by atoms with E-state index in [9.17, 15) is 4.79 Å². The van der Waals surface area contributed by atoms with Crippen molar-refractivity contribution in [1.82, 2.24) is 30.5 Å². The smallest absolute Gasteiger partial charge is 0.225 e. The van der Waals surface area contributed by atoms with Gasteiger partial charge in [0, 0.05) is 11.1 Å². The first kappa shape index (κ1) is 16.3. The number of aromatic nitrogens is 5. The number of carbonyl (C=O) groups excluding carboxylic acids is 1. The van der Waals surface area contributed by atoms with E-state index in [-0.39, 0.29) is 5.91 Å². The lowest BCUT2D eigenvalue weighted by molar-refractivity contribution is -0.122. The SMILES string of the molecule is Cc1cnc(C(C)(C)NC(=O)Cc2ccc(-n3cnnn3)cc2)s1. The van der Waals surface area contributed by atoms with Gasteiger partial charge in [0.25, 0.3) is 0 Å². The molecule has 0 aliphatic heterocycles. The zero-order valence-corrected chi connectivity index (χ0v) is 14.5. The molecule has 0 saturated carbocycles. The normalized spacial score (nSPS) is 11.5. The molecule has 1 amide bonds. The largest absolute Gasteiger partial charge is 0.344 e. The Labute approximate surface area is 143 Å². The lowest BCUT2D eigenvalue weighted by Crippen LogP contribution is -2.41. The van der Waals surface area contributed by atoms with Crippen LogP contribution < -0.4 is 5.32 Å². The molecule has 7 nitrogen and oxygen atoms in total. The second-order valence-corrected chi connectivity index (χ2v) is 7.28. The van der Waals surface area contributed by atoms with Crippen molar-refractivity contribution in [3.8, 4) is 5.69 Å². The van der Waals surface area contributed by atoms with Crippen LogP contribution in [0.1, 0.15) is 29.3 Å². The summed E-state index contributed by atoms with van der Waals surface area (Å²) in [4.78, 5) is 17.8. The lowest BCUT2D eigenvalue weighted by Gasteiger charge is -2.23. The summed E-state index contributed by atoms with van der Waals surface area (Å²) in [6.07, 6.45) is 3.66. The molecule has 0 saturated heterocycles. The predicted molar refractivity (Wildman–Crippen MR) is 90.9 cm³/mol. The van der Waals surface area contributed by atoms with Gasteiger partial charge in [-0.15, -0.1) is 16.4 Å². The summed E-state index contributed by atoms with van der Waals surface area (Å²) < 4.78 is 1.57. The highest BCUT2D eigenvalue weighted by Crippen LogP contribution is 2.24. The zero-order valence-electron chi connectivity index (χ0n) is 13.7. The van der Waals surface area contributed by atoms with Crippen molar-refractivity contribution >= 4 is 17.2 Å². The Morgan fingerprint density at radius 1 is 1.29 bits per heavy atom. The molecule has 3 rings (SSSR count). The molecule has 0 atom stereocenters. The maximum atomic E-state index is 12.3. The number of benzene rings is 1. The predicted octanol–water partition coefficient (Wildman–Crippen LogP) is 2.02. The maximum absolute atomic E-state index is 12.3. The monoisotopic (exact) mass is 342 g/mol. The molecule has 1 N–H and O–H groups in total. The summed E-state index contributed by atoms with van der Waals surface area (Å²) in [5, 5.41) is 15.0. The van der Waals surface area contributed by atoms with Gasteiger partial charge in [0.15, 0.2) is 0 Å². The van der Waals surface area contributed by atoms with Gasteiger partial charge in [0.1, 0.15) is 11.3 Å². The van der Waals surface area contributed by atoms with Gasteiger partial charge >= 0.3 is 0 Å². The van der Waals surface area contributed by atoms with E-state index in [1.54, 1.807) is 16.0 Å². The van der Waals surface area contributed by atoms with Crippen LogP contribution in [0.4, 0.5) is 0 Å². The highest BCUT2D eigenvalue weighted by Gasteiger charge is 2.26. The molecule has 1 aromatic carbocycles. The summed E-state index contributed by atoms with van der Waals surface area (Å²) in [5.41, 5.74) is 1.29. The van der Waals surface area contributed by atoms with Crippen molar-refractivity contribution in [2.45, 2.75) is 32.7 Å². The van der Waals surface area contributed by atoms with E-state index >= 15 is 0 Å². The van der Waals surface area contributed by atoms with Gasteiger partial charge in [-0.05, 0) is 48.9 Å². The molecule has 0 radical (unpaired) electrons. The number of hydrogen-bond acceptors (Lipinski definition) is 6. The van der Waals surface area contributed by atoms with Gasteiger partial charge in [-0.3, -0.25) is 4.79 Å². The van der Waals surface area contributed by atoms with Crippen LogP contribution in [-0.4, -0.2) is 31.1 Å². The molecule has 0 bridgehead atoms. The van der Waals surface area contributed by atoms with Crippen molar-refractivity contribution < 1.29 is 4.79 Å². The first-order valence-electron chi connectivity index (χ1n) is 7.50. The van der Waals surface area contributed by atoms with E-state index in [0.717, 1.165) is 21.1 Å². The van der Waals surface area contributed by atoms with Crippen LogP contribution in [0.15, 0.2) is 36.8 Å². The molecule has 0 unspecified atom stereocenters. The fourth-order valence-electron chi connectivity index (χ4n) is 2.32. The minimum atomic E-state index is -0.484. The van der Waals surface area contributed by atoms with Gasteiger partial charge < -0.3 is 5.32 Å². The van der Waals surface area contributed by atoms with Crippen molar-refractivity contribution in [1.29, 1.82) is 0 Å². The van der Waals surface area contributed by atoms with E-state index in [1.165, 1.54) is 6.33 Å². The number of nitrogens with zero attached hydrogens (tertiary/aromatic N) is 5. The van der Waals surface area contributed by atoms with Crippen LogP contribution >= 0.6 is 11.3 Å². The number of nitrogens with one attached hydrogen (secondary N) is 1. The average Bonchev–Trinajstić information content (AvgIpc) is 3.19. The van der Waals surface area contributed by atoms with Crippen LogP contribution in [0, 0.1) is 6.92 Å². The standard InChI is InChI=1S/C16H18N6OS/c1-11-9-17-15(24-11)16(2,3)19-14(23)8-12-4-6-13(7-5-12)22-10-18-20-21-22/h4-7,9-10H,8H2,1-3H3,(H,19,23). The van der Waals surface area contributed by atoms with Crippen LogP contribution in [0.5, 0.6) is 0 Å². The Bertz CT molecular complexity index is 823. The van der Waals surface area contributed by atoms with E-state index in [1.807, 2.05) is 51.2 Å². The van der Waals surface area contributed by atoms with Gasteiger partial charge in [0.2, 0.25) is 5.91 Å². The number of hydrogen-bond donors (Lipinski definition) is 1. The Kier molecular flexibility index (Phi) is 4.39. The summed E-state index contributed by atoms with van der Waals surface area (Å²) >= 11 is 1.60. The van der Waals surface area contributed by atoms with Crippen LogP contribution in [0.3, 0.4) is 0 Å². The number of amides is 1. The Morgan fingerprint density at radius 2 is 2.04 bits per heavy atom. The summed E-state index contributed by atoms with van der Waals surface area (Å²) in [5.74, 6) is -0.0389. The summed E-state index contributed by atoms with van der Waals surface area (Å²) in [7, 11) is 0. The number of thiazole rings is 1. The molecule has 0 aliphatic carbocycles. The summed E-state index contributed by atoms with van der Waals surface area (Å²) in [6, 6.07) is 7.57. The number of aryl methyl sites for hydroxylation is 1. The van der Waals surface area contributed by atoms with E-state index in [4.69, 9.17) is 0 Å². The fraction of sp³-hybridized carbons (Fsp3) is 0.312. The molecule has 0 spiro atoms. The van der Waals surface area contributed by atoms with E-state index in [2.05, 4.69) is 25.8 Å². The van der Waals surface area contributed by atoms with E-state index in [0.29, 0.717) is 6.42 Å². The van der Waals surface area contributed by atoms with Crippen LogP contribution in [0.25, 0.3) is 5.69 Å². The average molecular weight is 342 g/mol.